The van der Waals surface area contributed by atoms with Crippen molar-refractivity contribution in [1.82, 2.24) is 5.01 Å². The largest absolute Gasteiger partial charge is 0.375 e. The molecule has 0 aliphatic carbocycles. The van der Waals surface area contributed by atoms with Crippen LogP contribution in [0.25, 0.3) is 0 Å². The molecule has 1 spiro atoms. The van der Waals surface area contributed by atoms with Gasteiger partial charge in [-0.3, -0.25) is 5.84 Å². The summed E-state index contributed by atoms with van der Waals surface area (Å²) in [5.41, 5.74) is 0.216. The van der Waals surface area contributed by atoms with Crippen molar-refractivity contribution in [1.29, 1.82) is 0 Å². The van der Waals surface area contributed by atoms with Gasteiger partial charge in [0, 0.05) is 19.7 Å². The number of rotatable bonds is 0. The third-order valence-electron chi connectivity index (χ3n) is 3.14. The zero-order valence-electron chi connectivity index (χ0n) is 7.59. The third kappa shape index (κ3) is 1.63. The molecule has 2 fully saturated rings. The molecule has 0 aromatic rings. The summed E-state index contributed by atoms with van der Waals surface area (Å²) in [6.07, 6.45) is 6.09. The number of piperidine rings is 1. The fraction of sp³-hybridized carbons (Fsp3) is 1.00. The second kappa shape index (κ2) is 3.32. The topological polar surface area (TPSA) is 38.5 Å². The van der Waals surface area contributed by atoms with Crippen LogP contribution in [-0.2, 0) is 4.74 Å². The molecule has 2 rings (SSSR count). The second-order valence-electron chi connectivity index (χ2n) is 4.02. The number of hydrogen-bond acceptors (Lipinski definition) is 3. The third-order valence-corrected chi connectivity index (χ3v) is 3.14. The molecule has 0 unspecified atom stereocenters. The average Bonchev–Trinajstić information content (AvgIpc) is 2.13. The maximum atomic E-state index is 5.87. The van der Waals surface area contributed by atoms with E-state index >= 15 is 0 Å². The Morgan fingerprint density at radius 3 is 2.42 bits per heavy atom. The van der Waals surface area contributed by atoms with E-state index in [-0.39, 0.29) is 5.60 Å². The van der Waals surface area contributed by atoms with Crippen molar-refractivity contribution < 1.29 is 4.74 Å². The van der Waals surface area contributed by atoms with Crippen molar-refractivity contribution in [2.24, 2.45) is 5.84 Å². The molecule has 2 saturated heterocycles. The molecule has 0 amide bonds. The predicted molar refractivity (Wildman–Crippen MR) is 47.5 cm³/mol. The highest BCUT2D eigenvalue weighted by atomic mass is 16.5. The van der Waals surface area contributed by atoms with E-state index < -0.39 is 0 Å². The van der Waals surface area contributed by atoms with Gasteiger partial charge in [0.05, 0.1) is 5.60 Å². The molecule has 3 nitrogen and oxygen atoms in total. The summed E-state index contributed by atoms with van der Waals surface area (Å²) in [4.78, 5) is 0. The summed E-state index contributed by atoms with van der Waals surface area (Å²) in [5.74, 6) is 5.70. The highest BCUT2D eigenvalue weighted by molar-refractivity contribution is 4.88. The zero-order chi connectivity index (χ0) is 8.44. The number of nitrogens with zero attached hydrogens (tertiary/aromatic N) is 1. The molecule has 3 heteroatoms. The molecule has 0 bridgehead atoms. The first-order valence-corrected chi connectivity index (χ1v) is 4.94. The van der Waals surface area contributed by atoms with Gasteiger partial charge in [0.1, 0.15) is 0 Å². The number of nitrogens with two attached hydrogens (primary N) is 1. The molecule has 2 aliphatic heterocycles. The van der Waals surface area contributed by atoms with Gasteiger partial charge < -0.3 is 4.74 Å². The molecule has 0 aromatic carbocycles. The first kappa shape index (κ1) is 8.48. The van der Waals surface area contributed by atoms with Gasteiger partial charge in [0.15, 0.2) is 0 Å². The van der Waals surface area contributed by atoms with Crippen LogP contribution in [-0.4, -0.2) is 30.3 Å². The maximum absolute atomic E-state index is 5.87. The van der Waals surface area contributed by atoms with Gasteiger partial charge in [-0.15, -0.1) is 0 Å². The Bertz CT molecular complexity index is 145. The van der Waals surface area contributed by atoms with E-state index in [4.69, 9.17) is 10.6 Å². The van der Waals surface area contributed by atoms with Crippen molar-refractivity contribution in [3.05, 3.63) is 0 Å². The average molecular weight is 170 g/mol. The molecular weight excluding hydrogens is 152 g/mol. The van der Waals surface area contributed by atoms with Crippen LogP contribution in [0.15, 0.2) is 0 Å². The van der Waals surface area contributed by atoms with Crippen LogP contribution in [0.4, 0.5) is 0 Å². The smallest absolute Gasteiger partial charge is 0.0708 e. The number of ether oxygens (including phenoxy) is 1. The summed E-state index contributed by atoms with van der Waals surface area (Å²) >= 11 is 0. The van der Waals surface area contributed by atoms with E-state index in [2.05, 4.69) is 0 Å². The molecule has 0 saturated carbocycles. The first-order chi connectivity index (χ1) is 5.81. The van der Waals surface area contributed by atoms with E-state index in [0.29, 0.717) is 0 Å². The van der Waals surface area contributed by atoms with Gasteiger partial charge in [0.25, 0.3) is 0 Å². The standard InChI is InChI=1S/C9H18N2O/c10-11-6-4-9(5-7-11)3-1-2-8-12-9/h1-8,10H2. The Morgan fingerprint density at radius 2 is 1.83 bits per heavy atom. The van der Waals surface area contributed by atoms with E-state index in [9.17, 15) is 0 Å². The number of hydrazine groups is 1. The highest BCUT2D eigenvalue weighted by Gasteiger charge is 2.35. The molecule has 0 radical (unpaired) electrons. The molecule has 2 aliphatic rings. The van der Waals surface area contributed by atoms with Crippen molar-refractivity contribution in [2.75, 3.05) is 19.7 Å². The monoisotopic (exact) mass is 170 g/mol. The van der Waals surface area contributed by atoms with Gasteiger partial charge in [-0.2, -0.15) is 0 Å². The summed E-state index contributed by atoms with van der Waals surface area (Å²) in [5, 5.41) is 1.91. The quantitative estimate of drug-likeness (QED) is 0.549. The van der Waals surface area contributed by atoms with Crippen LogP contribution in [0.3, 0.4) is 0 Å². The van der Waals surface area contributed by atoms with Crippen molar-refractivity contribution >= 4 is 0 Å². The van der Waals surface area contributed by atoms with Gasteiger partial charge in [0.2, 0.25) is 0 Å². The van der Waals surface area contributed by atoms with Crippen molar-refractivity contribution in [3.8, 4) is 0 Å². The lowest BCUT2D eigenvalue weighted by molar-refractivity contribution is -0.111. The summed E-state index contributed by atoms with van der Waals surface area (Å²) in [6, 6.07) is 0. The Balaban J connectivity index is 1.92. The normalized spacial score (nSPS) is 30.8. The van der Waals surface area contributed by atoms with Crippen LogP contribution in [0, 0.1) is 0 Å². The Morgan fingerprint density at radius 1 is 1.08 bits per heavy atom. The molecule has 0 atom stereocenters. The SMILES string of the molecule is NN1CCC2(CCCCO2)CC1. The van der Waals surface area contributed by atoms with Crippen LogP contribution in [0.1, 0.15) is 32.1 Å². The molecule has 70 valence electrons. The predicted octanol–water partition coefficient (Wildman–Crippen LogP) is 0.895. The van der Waals surface area contributed by atoms with E-state index in [0.717, 1.165) is 32.5 Å². The molecule has 0 aromatic heterocycles. The van der Waals surface area contributed by atoms with Gasteiger partial charge in [-0.25, -0.2) is 5.01 Å². The lowest BCUT2D eigenvalue weighted by Gasteiger charge is -2.42. The first-order valence-electron chi connectivity index (χ1n) is 4.94. The summed E-state index contributed by atoms with van der Waals surface area (Å²) in [6.45, 7) is 2.96. The Hall–Kier alpha value is -0.120. The summed E-state index contributed by atoms with van der Waals surface area (Å²) < 4.78 is 5.87. The second-order valence-corrected chi connectivity index (χ2v) is 4.02. The van der Waals surface area contributed by atoms with Crippen molar-refractivity contribution in [3.63, 3.8) is 0 Å². The lowest BCUT2D eigenvalue weighted by atomic mass is 9.85. The molecular formula is C9H18N2O. The Kier molecular flexibility index (Phi) is 2.35. The van der Waals surface area contributed by atoms with E-state index in [1.807, 2.05) is 5.01 Å². The van der Waals surface area contributed by atoms with E-state index in [1.54, 1.807) is 0 Å². The highest BCUT2D eigenvalue weighted by Crippen LogP contribution is 2.33. The minimum atomic E-state index is 0.216. The molecule has 2 N–H and O–H groups in total. The van der Waals surface area contributed by atoms with Crippen LogP contribution >= 0.6 is 0 Å². The maximum Gasteiger partial charge on any atom is 0.0708 e. The minimum Gasteiger partial charge on any atom is -0.375 e. The fourth-order valence-electron chi connectivity index (χ4n) is 2.24. The van der Waals surface area contributed by atoms with Gasteiger partial charge in [-0.1, -0.05) is 0 Å². The van der Waals surface area contributed by atoms with E-state index in [1.165, 1.54) is 19.3 Å². The molecule has 2 heterocycles. The lowest BCUT2D eigenvalue weighted by Crippen LogP contribution is -2.49. The molecule has 12 heavy (non-hydrogen) atoms. The fourth-order valence-corrected chi connectivity index (χ4v) is 2.24. The minimum absolute atomic E-state index is 0.216. The van der Waals surface area contributed by atoms with Gasteiger partial charge >= 0.3 is 0 Å². The van der Waals surface area contributed by atoms with Crippen LogP contribution in [0.5, 0.6) is 0 Å². The zero-order valence-corrected chi connectivity index (χ0v) is 7.59. The van der Waals surface area contributed by atoms with Gasteiger partial charge in [-0.05, 0) is 32.1 Å². The summed E-state index contributed by atoms with van der Waals surface area (Å²) in [7, 11) is 0. The Labute approximate surface area is 73.8 Å². The van der Waals surface area contributed by atoms with Crippen LogP contribution in [0.2, 0.25) is 0 Å². The van der Waals surface area contributed by atoms with Crippen molar-refractivity contribution in [2.45, 2.75) is 37.7 Å². The number of hydrogen-bond donors (Lipinski definition) is 1. The van der Waals surface area contributed by atoms with Crippen LogP contribution < -0.4 is 5.84 Å².